The average molecular weight is 1130 g/mol. The summed E-state index contributed by atoms with van der Waals surface area (Å²) in [5, 5.41) is 44.3. The Balaban J connectivity index is 1.13. The van der Waals surface area contributed by atoms with Crippen LogP contribution in [-0.4, -0.2) is 195 Å². The molecular formula is C54H79N15O12. The lowest BCUT2D eigenvalue weighted by atomic mass is 9.84. The predicted molar refractivity (Wildman–Crippen MR) is 295 cm³/mol. The first-order valence-electron chi connectivity index (χ1n) is 27.6. The van der Waals surface area contributed by atoms with Crippen LogP contribution in [0.25, 0.3) is 0 Å². The zero-order valence-electron chi connectivity index (χ0n) is 45.4. The number of β-amino-alcohol motifs (C(OH)–C–C–N with tert-alkyl or cyclic N) is 1. The Kier molecular flexibility index (Phi) is 23.1. The van der Waals surface area contributed by atoms with Crippen molar-refractivity contribution in [2.75, 3.05) is 39.3 Å². The van der Waals surface area contributed by atoms with Crippen LogP contribution in [-0.2, 0) is 56.0 Å². The normalized spacial score (nSPS) is 22.1. The number of carbonyl (C=O) groups excluding carboxylic acids is 8. The Morgan fingerprint density at radius 1 is 0.630 bits per heavy atom. The van der Waals surface area contributed by atoms with Crippen molar-refractivity contribution in [3.63, 3.8) is 0 Å². The molecule has 27 heteroatoms. The zero-order valence-corrected chi connectivity index (χ0v) is 45.4. The number of hydrogen-bond acceptors (Lipinski definition) is 14. The van der Waals surface area contributed by atoms with Crippen LogP contribution in [0, 0.1) is 5.92 Å². The zero-order chi connectivity index (χ0) is 58.8. The van der Waals surface area contributed by atoms with Gasteiger partial charge in [-0.1, -0.05) is 73.5 Å². The van der Waals surface area contributed by atoms with Crippen LogP contribution in [0.1, 0.15) is 88.2 Å². The smallest absolute Gasteiger partial charge is 0.326 e. The van der Waals surface area contributed by atoms with Crippen molar-refractivity contribution in [1.82, 2.24) is 41.3 Å². The summed E-state index contributed by atoms with van der Waals surface area (Å²) in [5.41, 5.74) is 29.0. The molecule has 2 aromatic carbocycles. The molecule has 81 heavy (non-hydrogen) atoms. The highest BCUT2D eigenvalue weighted by molar-refractivity contribution is 5.98. The number of guanidine groups is 2. The van der Waals surface area contributed by atoms with Gasteiger partial charge in [0.05, 0.1) is 25.3 Å². The summed E-state index contributed by atoms with van der Waals surface area (Å²) in [4.78, 5) is 137. The summed E-state index contributed by atoms with van der Waals surface area (Å²) >= 11 is 0. The van der Waals surface area contributed by atoms with Crippen LogP contribution in [0.3, 0.4) is 0 Å². The van der Waals surface area contributed by atoms with Crippen LogP contribution in [0.4, 0.5) is 0 Å². The number of aliphatic hydroxyl groups excluding tert-OH is 2. The van der Waals surface area contributed by atoms with Gasteiger partial charge in [-0.3, -0.25) is 48.3 Å². The molecule has 3 saturated heterocycles. The van der Waals surface area contributed by atoms with Gasteiger partial charge in [-0.15, -0.1) is 0 Å². The minimum atomic E-state index is -1.68. The lowest BCUT2D eigenvalue weighted by Crippen LogP contribution is -2.61. The summed E-state index contributed by atoms with van der Waals surface area (Å²) in [6, 6.07) is 6.99. The molecule has 0 spiro atoms. The first-order chi connectivity index (χ1) is 38.8. The van der Waals surface area contributed by atoms with Gasteiger partial charge in [-0.2, -0.15) is 0 Å². The fourth-order valence-electron chi connectivity index (χ4n) is 11.2. The fourth-order valence-corrected chi connectivity index (χ4v) is 11.2. The van der Waals surface area contributed by atoms with E-state index in [4.69, 9.17) is 28.7 Å². The number of amides is 8. The van der Waals surface area contributed by atoms with Gasteiger partial charge in [0.25, 0.3) is 0 Å². The number of aliphatic hydroxyl groups is 2. The van der Waals surface area contributed by atoms with E-state index in [0.717, 1.165) is 19.3 Å². The molecule has 8 amide bonds. The summed E-state index contributed by atoms with van der Waals surface area (Å²) in [6.45, 7) is -1.19. The standard InChI is InChI=1S/C54H79N15O12/c55-35(17-9-21-60-53(56)57)49(77)67-23-11-20-41(67)51(79)68-29-34(71)27-42(68)47(75)62-28-44(72)63-37(24-31-12-3-1-4-13-31)45(73)66-39(30-70)46(74)65-38(25-32-14-5-2-6-15-32)50(78)69-40-19-8-7-16-33(40)26-43(69)48(76)64-36(52(80)81)18-10-22-61-54(58)59/h1-6,12-15,33-43,70-71H,7-11,16-30,55H2,(H,62,75)(H,63,72)(H,64,76)(H,65,74)(H,66,73)(H,80,81)(H4,56,57,60)(H4,58,59,61). The fraction of sp³-hybridized carbons (Fsp3) is 0.574. The van der Waals surface area contributed by atoms with Gasteiger partial charge in [0, 0.05) is 51.5 Å². The second-order valence-corrected chi connectivity index (χ2v) is 21.1. The van der Waals surface area contributed by atoms with Crippen molar-refractivity contribution in [3.8, 4) is 0 Å². The molecule has 27 nitrogen and oxygen atoms in total. The van der Waals surface area contributed by atoms with Gasteiger partial charge in [0.2, 0.25) is 47.3 Å². The van der Waals surface area contributed by atoms with E-state index in [0.29, 0.717) is 36.8 Å². The van der Waals surface area contributed by atoms with Gasteiger partial charge in [0.15, 0.2) is 11.9 Å². The summed E-state index contributed by atoms with van der Waals surface area (Å²) in [6.07, 6.45) is 3.45. The summed E-state index contributed by atoms with van der Waals surface area (Å²) in [7, 11) is 0. The minimum absolute atomic E-state index is 0.00198. The van der Waals surface area contributed by atoms with E-state index in [2.05, 4.69) is 36.6 Å². The largest absolute Gasteiger partial charge is 0.480 e. The number of carboxylic acids is 1. The number of carbonyl (C=O) groups is 9. The molecule has 3 aliphatic heterocycles. The van der Waals surface area contributed by atoms with Crippen LogP contribution in [0.2, 0.25) is 0 Å². The van der Waals surface area contributed by atoms with Gasteiger partial charge < -0.3 is 85.3 Å². The van der Waals surface area contributed by atoms with E-state index in [-0.39, 0.29) is 89.0 Å². The number of benzene rings is 2. The van der Waals surface area contributed by atoms with Gasteiger partial charge in [-0.05, 0) is 74.8 Å². The number of aliphatic carboxylic acids is 1. The van der Waals surface area contributed by atoms with Gasteiger partial charge >= 0.3 is 5.97 Å². The molecule has 442 valence electrons. The number of rotatable bonds is 27. The third kappa shape index (κ3) is 17.5. The molecule has 0 radical (unpaired) electrons. The number of aliphatic imine (C=N–C) groups is 2. The van der Waals surface area contributed by atoms with E-state index in [1.807, 2.05) is 0 Å². The lowest BCUT2D eigenvalue weighted by Gasteiger charge is -2.36. The molecule has 6 rings (SSSR count). The molecule has 0 bridgehead atoms. The Morgan fingerprint density at radius 2 is 1.22 bits per heavy atom. The first kappa shape index (κ1) is 62.3. The Labute approximate surface area is 469 Å². The van der Waals surface area contributed by atoms with Crippen molar-refractivity contribution >= 4 is 65.1 Å². The maximum absolute atomic E-state index is 15.0. The SMILES string of the molecule is NC(N)=NCCCC(N)C(=O)N1CCCC1C(=O)N1CC(O)CC1C(=O)NCC(=O)NC(Cc1ccccc1)C(=O)NC(CO)C(=O)NC(Cc1ccccc1)C(=O)N1C(C(=O)NC(CCCN=C(N)N)C(=O)O)CC2CCCCC21. The van der Waals surface area contributed by atoms with Crippen molar-refractivity contribution < 1.29 is 58.5 Å². The summed E-state index contributed by atoms with van der Waals surface area (Å²) < 4.78 is 0. The van der Waals surface area contributed by atoms with E-state index >= 15 is 4.79 Å². The van der Waals surface area contributed by atoms with Crippen molar-refractivity contribution in [2.24, 2.45) is 44.6 Å². The molecule has 11 atom stereocenters. The molecule has 18 N–H and O–H groups in total. The Morgan fingerprint density at radius 3 is 1.84 bits per heavy atom. The average Bonchev–Trinajstić information content (AvgIpc) is 4.25. The second-order valence-electron chi connectivity index (χ2n) is 21.1. The van der Waals surface area contributed by atoms with Crippen LogP contribution in [0.15, 0.2) is 70.6 Å². The van der Waals surface area contributed by atoms with E-state index in [1.54, 1.807) is 60.7 Å². The van der Waals surface area contributed by atoms with E-state index < -0.39 is 127 Å². The Hall–Kier alpha value is -7.91. The lowest BCUT2D eigenvalue weighted by molar-refractivity contribution is -0.147. The van der Waals surface area contributed by atoms with Crippen molar-refractivity contribution in [2.45, 2.75) is 150 Å². The van der Waals surface area contributed by atoms with Crippen molar-refractivity contribution in [1.29, 1.82) is 0 Å². The highest BCUT2D eigenvalue weighted by Crippen LogP contribution is 2.40. The molecular weight excluding hydrogens is 1050 g/mol. The number of hydrogen-bond donors (Lipinski definition) is 13. The summed E-state index contributed by atoms with van der Waals surface area (Å²) in [5.74, 6) is -7.43. The quantitative estimate of drug-likeness (QED) is 0.0231. The maximum Gasteiger partial charge on any atom is 0.326 e. The molecule has 1 aliphatic carbocycles. The minimum Gasteiger partial charge on any atom is -0.480 e. The third-order valence-corrected chi connectivity index (χ3v) is 15.2. The molecule has 11 unspecified atom stereocenters. The topological polar surface area (TPSA) is 439 Å². The highest BCUT2D eigenvalue weighted by Gasteiger charge is 2.50. The van der Waals surface area contributed by atoms with Crippen LogP contribution < -0.4 is 55.3 Å². The van der Waals surface area contributed by atoms with Crippen LogP contribution in [0.5, 0.6) is 0 Å². The molecule has 3 heterocycles. The highest BCUT2D eigenvalue weighted by atomic mass is 16.4. The van der Waals surface area contributed by atoms with E-state index in [1.165, 1.54) is 14.7 Å². The number of nitrogens with zero attached hydrogens (tertiary/aromatic N) is 5. The Bertz CT molecular complexity index is 2590. The third-order valence-electron chi connectivity index (χ3n) is 15.2. The predicted octanol–water partition coefficient (Wildman–Crippen LogP) is -3.85. The second kappa shape index (κ2) is 30.1. The number of likely N-dealkylation sites (tertiary alicyclic amines) is 3. The van der Waals surface area contributed by atoms with Crippen LogP contribution >= 0.6 is 0 Å². The molecule has 1 saturated carbocycles. The van der Waals surface area contributed by atoms with Crippen molar-refractivity contribution in [3.05, 3.63) is 71.8 Å². The maximum atomic E-state index is 15.0. The monoisotopic (exact) mass is 1130 g/mol. The molecule has 4 aliphatic rings. The van der Waals surface area contributed by atoms with Gasteiger partial charge in [-0.25, -0.2) is 4.79 Å². The number of nitrogens with one attached hydrogen (secondary N) is 5. The van der Waals surface area contributed by atoms with E-state index in [9.17, 15) is 53.7 Å². The van der Waals surface area contributed by atoms with Gasteiger partial charge in [0.1, 0.15) is 42.3 Å². The number of nitrogens with two attached hydrogens (primary N) is 5. The number of fused-ring (bicyclic) bond motifs is 1. The molecule has 2 aromatic rings. The first-order valence-corrected chi connectivity index (χ1v) is 27.6. The molecule has 0 aromatic heterocycles. The number of carboxylic acid groups (broad SMARTS) is 1. The molecule has 4 fully saturated rings.